The lowest BCUT2D eigenvalue weighted by atomic mass is 9.97. The minimum atomic E-state index is -3.40. The SMILES string of the molecule is CC(C)(C)OC(=O)NCCC1(F)CNCC1(F)F. The Labute approximate surface area is 104 Å². The molecule has 0 radical (unpaired) electrons. The first-order valence-electron chi connectivity index (χ1n) is 5.80. The number of nitrogens with one attached hydrogen (secondary N) is 2. The van der Waals surface area contributed by atoms with Crippen LogP contribution in [-0.2, 0) is 4.74 Å². The first-order chi connectivity index (χ1) is 8.06. The molecule has 106 valence electrons. The summed E-state index contributed by atoms with van der Waals surface area (Å²) in [6.45, 7) is 3.77. The first kappa shape index (κ1) is 15.1. The molecule has 2 N–H and O–H groups in total. The van der Waals surface area contributed by atoms with Crippen LogP contribution < -0.4 is 10.6 Å². The molecule has 1 unspecified atom stereocenters. The zero-order valence-electron chi connectivity index (χ0n) is 10.8. The molecule has 1 aliphatic rings. The van der Waals surface area contributed by atoms with Crippen LogP contribution in [0.3, 0.4) is 0 Å². The van der Waals surface area contributed by atoms with Gasteiger partial charge in [0, 0.05) is 19.5 Å². The van der Waals surface area contributed by atoms with Gasteiger partial charge >= 0.3 is 6.09 Å². The maximum atomic E-state index is 13.9. The summed E-state index contributed by atoms with van der Waals surface area (Å²) < 4.78 is 45.2. The maximum absolute atomic E-state index is 13.9. The van der Waals surface area contributed by atoms with Gasteiger partial charge in [0.1, 0.15) is 5.60 Å². The van der Waals surface area contributed by atoms with E-state index in [-0.39, 0.29) is 6.54 Å². The van der Waals surface area contributed by atoms with Crippen LogP contribution >= 0.6 is 0 Å². The van der Waals surface area contributed by atoms with E-state index in [2.05, 4.69) is 10.6 Å². The summed E-state index contributed by atoms with van der Waals surface area (Å²) in [5.41, 5.74) is -3.28. The third-order valence-electron chi connectivity index (χ3n) is 2.60. The van der Waals surface area contributed by atoms with Gasteiger partial charge < -0.3 is 15.4 Å². The van der Waals surface area contributed by atoms with E-state index in [9.17, 15) is 18.0 Å². The third kappa shape index (κ3) is 3.76. The molecule has 0 aromatic rings. The summed E-state index contributed by atoms with van der Waals surface area (Å²) in [6, 6.07) is 0. The molecule has 4 nitrogen and oxygen atoms in total. The highest BCUT2D eigenvalue weighted by Gasteiger charge is 2.57. The first-order valence-corrected chi connectivity index (χ1v) is 5.80. The number of hydrogen-bond donors (Lipinski definition) is 2. The molecule has 1 aliphatic heterocycles. The van der Waals surface area contributed by atoms with Crippen LogP contribution in [0.1, 0.15) is 27.2 Å². The van der Waals surface area contributed by atoms with Crippen LogP contribution in [0.2, 0.25) is 0 Å². The molecule has 0 spiro atoms. The molecule has 1 fully saturated rings. The van der Waals surface area contributed by atoms with Crippen molar-refractivity contribution in [3.63, 3.8) is 0 Å². The molecule has 1 heterocycles. The zero-order chi connectivity index (χ0) is 14.0. The summed E-state index contributed by atoms with van der Waals surface area (Å²) in [7, 11) is 0. The number of hydrogen-bond acceptors (Lipinski definition) is 3. The van der Waals surface area contributed by atoms with E-state index in [0.717, 1.165) is 0 Å². The molecule has 1 amide bonds. The highest BCUT2D eigenvalue weighted by Crippen LogP contribution is 2.37. The lowest BCUT2D eigenvalue weighted by Crippen LogP contribution is -2.45. The van der Waals surface area contributed by atoms with Crippen molar-refractivity contribution in [3.8, 4) is 0 Å². The number of halogens is 3. The molecule has 0 bridgehead atoms. The fourth-order valence-corrected chi connectivity index (χ4v) is 1.65. The minimum absolute atomic E-state index is 0.192. The van der Waals surface area contributed by atoms with Gasteiger partial charge in [0.2, 0.25) is 0 Å². The van der Waals surface area contributed by atoms with Crippen LogP contribution in [0.5, 0.6) is 0 Å². The Balaban J connectivity index is 2.36. The Morgan fingerprint density at radius 1 is 1.33 bits per heavy atom. The molecule has 0 aliphatic carbocycles. The number of ether oxygens (including phenoxy) is 1. The second-order valence-electron chi connectivity index (χ2n) is 5.45. The van der Waals surface area contributed by atoms with E-state index in [1.807, 2.05) is 0 Å². The van der Waals surface area contributed by atoms with E-state index in [0.29, 0.717) is 0 Å². The average Bonchev–Trinajstić information content (AvgIpc) is 2.38. The molecule has 7 heteroatoms. The Bertz CT molecular complexity index is 318. The van der Waals surface area contributed by atoms with Crippen LogP contribution in [0.4, 0.5) is 18.0 Å². The highest BCUT2D eigenvalue weighted by atomic mass is 19.3. The molecule has 1 rings (SSSR count). The number of alkyl carbamates (subject to hydrolysis) is 1. The number of carbonyl (C=O) groups excluding carboxylic acids is 1. The van der Waals surface area contributed by atoms with Gasteiger partial charge in [-0.15, -0.1) is 0 Å². The summed E-state index contributed by atoms with van der Waals surface area (Å²) in [4.78, 5) is 11.2. The van der Waals surface area contributed by atoms with Crippen molar-refractivity contribution in [3.05, 3.63) is 0 Å². The molecule has 18 heavy (non-hydrogen) atoms. The van der Waals surface area contributed by atoms with Crippen molar-refractivity contribution in [1.82, 2.24) is 10.6 Å². The molecule has 0 aromatic heterocycles. The van der Waals surface area contributed by atoms with E-state index in [1.54, 1.807) is 20.8 Å². The van der Waals surface area contributed by atoms with Crippen molar-refractivity contribution in [1.29, 1.82) is 0 Å². The largest absolute Gasteiger partial charge is 0.444 e. The number of amides is 1. The van der Waals surface area contributed by atoms with E-state index in [1.165, 1.54) is 0 Å². The quantitative estimate of drug-likeness (QED) is 0.821. The van der Waals surface area contributed by atoms with Gasteiger partial charge in [0.25, 0.3) is 5.92 Å². The monoisotopic (exact) mass is 268 g/mol. The van der Waals surface area contributed by atoms with E-state index >= 15 is 0 Å². The lowest BCUT2D eigenvalue weighted by molar-refractivity contribution is -0.103. The highest BCUT2D eigenvalue weighted by molar-refractivity contribution is 5.67. The molecule has 1 atom stereocenters. The average molecular weight is 268 g/mol. The smallest absolute Gasteiger partial charge is 0.407 e. The van der Waals surface area contributed by atoms with Gasteiger partial charge in [0.15, 0.2) is 5.67 Å². The second kappa shape index (κ2) is 4.95. The number of alkyl halides is 3. The fraction of sp³-hybridized carbons (Fsp3) is 0.909. The van der Waals surface area contributed by atoms with Gasteiger partial charge in [-0.1, -0.05) is 0 Å². The van der Waals surface area contributed by atoms with Crippen LogP contribution in [0.25, 0.3) is 0 Å². The predicted molar refractivity (Wildman–Crippen MR) is 60.5 cm³/mol. The van der Waals surface area contributed by atoms with Gasteiger partial charge in [-0.25, -0.2) is 18.0 Å². The molecule has 1 saturated heterocycles. The Hall–Kier alpha value is -0.980. The fourth-order valence-electron chi connectivity index (χ4n) is 1.65. The van der Waals surface area contributed by atoms with Crippen LogP contribution in [-0.4, -0.2) is 42.9 Å². The predicted octanol–water partition coefficient (Wildman–Crippen LogP) is 1.85. The van der Waals surface area contributed by atoms with Gasteiger partial charge in [-0.05, 0) is 20.8 Å². The number of carbonyl (C=O) groups is 1. The van der Waals surface area contributed by atoms with E-state index in [4.69, 9.17) is 4.74 Å². The van der Waals surface area contributed by atoms with Crippen molar-refractivity contribution >= 4 is 6.09 Å². The molecular weight excluding hydrogens is 249 g/mol. The Morgan fingerprint density at radius 3 is 2.39 bits per heavy atom. The Kier molecular flexibility index (Phi) is 4.15. The molecule has 0 saturated carbocycles. The zero-order valence-corrected chi connectivity index (χ0v) is 10.8. The van der Waals surface area contributed by atoms with Crippen molar-refractivity contribution in [2.75, 3.05) is 19.6 Å². The summed E-state index contributed by atoms with van der Waals surface area (Å²) in [5.74, 6) is -3.40. The second-order valence-corrected chi connectivity index (χ2v) is 5.45. The summed E-state index contributed by atoms with van der Waals surface area (Å²) >= 11 is 0. The standard InChI is InChI=1S/C11H19F3N2O2/c1-9(2,3)18-8(17)16-5-4-10(12)6-15-7-11(10,13)14/h15H,4-7H2,1-3H3,(H,16,17). The molecular formula is C11H19F3N2O2. The normalized spacial score (nSPS) is 27.0. The summed E-state index contributed by atoms with van der Waals surface area (Å²) in [6.07, 6.45) is -1.19. The third-order valence-corrected chi connectivity index (χ3v) is 2.60. The van der Waals surface area contributed by atoms with Crippen LogP contribution in [0.15, 0.2) is 0 Å². The van der Waals surface area contributed by atoms with Gasteiger partial charge in [-0.2, -0.15) is 0 Å². The maximum Gasteiger partial charge on any atom is 0.407 e. The van der Waals surface area contributed by atoms with Gasteiger partial charge in [0.05, 0.1) is 6.54 Å². The Morgan fingerprint density at radius 2 is 1.94 bits per heavy atom. The topological polar surface area (TPSA) is 50.4 Å². The van der Waals surface area contributed by atoms with E-state index < -0.39 is 42.8 Å². The lowest BCUT2D eigenvalue weighted by Gasteiger charge is -2.26. The van der Waals surface area contributed by atoms with Gasteiger partial charge in [-0.3, -0.25) is 0 Å². The van der Waals surface area contributed by atoms with Crippen molar-refractivity contribution < 1.29 is 22.7 Å². The summed E-state index contributed by atoms with van der Waals surface area (Å²) in [5, 5.41) is 4.58. The molecule has 0 aromatic carbocycles. The minimum Gasteiger partial charge on any atom is -0.444 e. The van der Waals surface area contributed by atoms with Crippen molar-refractivity contribution in [2.24, 2.45) is 0 Å². The van der Waals surface area contributed by atoms with Crippen molar-refractivity contribution in [2.45, 2.75) is 44.4 Å². The van der Waals surface area contributed by atoms with Crippen LogP contribution in [0, 0.1) is 0 Å². The number of rotatable bonds is 3.